The molecule has 0 saturated carbocycles. The maximum absolute atomic E-state index is 6.19. The van der Waals surface area contributed by atoms with Gasteiger partial charge in [-0.15, -0.1) is 11.3 Å². The second kappa shape index (κ2) is 6.79. The smallest absolute Gasteiger partial charge is 0.155 e. The predicted octanol–water partition coefficient (Wildman–Crippen LogP) is 5.20. The van der Waals surface area contributed by atoms with Gasteiger partial charge in [0.05, 0.1) is 21.1 Å². The molecule has 5 nitrogen and oxygen atoms in total. The lowest BCUT2D eigenvalue weighted by atomic mass is 9.76. The summed E-state index contributed by atoms with van der Waals surface area (Å²) in [7, 11) is 0. The van der Waals surface area contributed by atoms with Gasteiger partial charge in [-0.3, -0.25) is 4.98 Å². The van der Waals surface area contributed by atoms with Gasteiger partial charge in [0.25, 0.3) is 0 Å². The molecule has 7 heteroatoms. The molecule has 5 heterocycles. The highest BCUT2D eigenvalue weighted by atomic mass is 35.5. The summed E-state index contributed by atoms with van der Waals surface area (Å²) < 4.78 is 2.81. The number of piperidine rings is 1. The van der Waals surface area contributed by atoms with E-state index in [-0.39, 0.29) is 0 Å². The second-order valence-electron chi connectivity index (χ2n) is 8.55. The normalized spacial score (nSPS) is 17.7. The van der Waals surface area contributed by atoms with Gasteiger partial charge in [0.15, 0.2) is 5.82 Å². The van der Waals surface area contributed by atoms with E-state index in [4.69, 9.17) is 16.6 Å². The van der Waals surface area contributed by atoms with Crippen molar-refractivity contribution >= 4 is 34.3 Å². The molecule has 2 aliphatic rings. The van der Waals surface area contributed by atoms with Crippen molar-refractivity contribution in [2.45, 2.75) is 32.6 Å². The lowest BCUT2D eigenvalue weighted by Gasteiger charge is -2.40. The van der Waals surface area contributed by atoms with Crippen LogP contribution in [-0.2, 0) is 12.8 Å². The van der Waals surface area contributed by atoms with Crippen molar-refractivity contribution in [1.29, 1.82) is 0 Å². The number of pyridine rings is 1. The Morgan fingerprint density at radius 3 is 2.70 bits per heavy atom. The molecule has 0 N–H and O–H groups in total. The van der Waals surface area contributed by atoms with Crippen LogP contribution in [0, 0.1) is 12.3 Å². The van der Waals surface area contributed by atoms with Crippen LogP contribution >= 0.6 is 22.9 Å². The Morgan fingerprint density at radius 1 is 1.07 bits per heavy atom. The first-order valence-corrected chi connectivity index (χ1v) is 11.6. The van der Waals surface area contributed by atoms with Crippen LogP contribution in [0.15, 0.2) is 42.7 Å². The van der Waals surface area contributed by atoms with E-state index in [1.165, 1.54) is 24.1 Å². The van der Waals surface area contributed by atoms with Gasteiger partial charge >= 0.3 is 0 Å². The highest BCUT2D eigenvalue weighted by molar-refractivity contribution is 7.19. The highest BCUT2D eigenvalue weighted by Gasteiger charge is 2.41. The monoisotopic (exact) mass is 435 g/mol. The molecule has 0 unspecified atom stereocenters. The van der Waals surface area contributed by atoms with E-state index >= 15 is 0 Å². The Hall–Kier alpha value is -2.44. The van der Waals surface area contributed by atoms with Crippen LogP contribution in [-0.4, -0.2) is 32.7 Å². The predicted molar refractivity (Wildman–Crippen MR) is 122 cm³/mol. The molecule has 4 aromatic rings. The lowest BCUT2D eigenvalue weighted by molar-refractivity contribution is 0.231. The van der Waals surface area contributed by atoms with E-state index in [1.54, 1.807) is 11.3 Å². The minimum Gasteiger partial charge on any atom is -0.355 e. The zero-order valence-electron chi connectivity index (χ0n) is 16.8. The van der Waals surface area contributed by atoms with Crippen LogP contribution < -0.4 is 4.90 Å². The third kappa shape index (κ3) is 2.85. The standard InChI is InChI=1S/C23H22ClN5S/c1-15-21(19-4-5-20(24)30-19)29-18(6-10-26-29)22(27-15)28-11-7-23(8-12-28)13-16-3-2-9-25-17(16)14-23/h2-6,9-10H,7-8,11-14H2,1H3. The number of aromatic nitrogens is 4. The number of hydrogen-bond donors (Lipinski definition) is 0. The lowest BCUT2D eigenvalue weighted by Crippen LogP contribution is -2.41. The number of anilines is 1. The summed E-state index contributed by atoms with van der Waals surface area (Å²) in [6, 6.07) is 10.4. The van der Waals surface area contributed by atoms with E-state index in [2.05, 4.69) is 40.1 Å². The number of fused-ring (bicyclic) bond motifs is 2. The minimum absolute atomic E-state index is 0.367. The molecule has 0 radical (unpaired) electrons. The first kappa shape index (κ1) is 18.3. The van der Waals surface area contributed by atoms with Gasteiger partial charge in [-0.1, -0.05) is 17.7 Å². The number of thiophene rings is 1. The van der Waals surface area contributed by atoms with Crippen LogP contribution in [0.3, 0.4) is 0 Å². The van der Waals surface area contributed by atoms with Crippen molar-refractivity contribution in [3.63, 3.8) is 0 Å². The Morgan fingerprint density at radius 2 is 1.93 bits per heavy atom. The first-order valence-electron chi connectivity index (χ1n) is 10.4. The zero-order chi connectivity index (χ0) is 20.3. The average molecular weight is 436 g/mol. The molecule has 30 heavy (non-hydrogen) atoms. The van der Waals surface area contributed by atoms with Crippen molar-refractivity contribution in [2.24, 2.45) is 5.41 Å². The molecular weight excluding hydrogens is 414 g/mol. The van der Waals surface area contributed by atoms with Gasteiger partial charge in [0.2, 0.25) is 0 Å². The highest BCUT2D eigenvalue weighted by Crippen LogP contribution is 2.45. The van der Waals surface area contributed by atoms with Crippen LogP contribution in [0.1, 0.15) is 29.8 Å². The molecule has 0 bridgehead atoms. The van der Waals surface area contributed by atoms with Gasteiger partial charge in [0, 0.05) is 25.0 Å². The molecule has 6 rings (SSSR count). The van der Waals surface area contributed by atoms with Crippen molar-refractivity contribution in [2.75, 3.05) is 18.0 Å². The summed E-state index contributed by atoms with van der Waals surface area (Å²) in [6.07, 6.45) is 8.42. The largest absolute Gasteiger partial charge is 0.355 e. The minimum atomic E-state index is 0.367. The van der Waals surface area contributed by atoms with Gasteiger partial charge in [-0.2, -0.15) is 5.10 Å². The van der Waals surface area contributed by atoms with E-state index in [1.807, 2.05) is 29.0 Å². The number of aryl methyl sites for hydroxylation is 1. The van der Waals surface area contributed by atoms with Gasteiger partial charge in [0.1, 0.15) is 11.2 Å². The molecule has 1 aliphatic heterocycles. The average Bonchev–Trinajstić information content (AvgIpc) is 3.46. The molecule has 1 saturated heterocycles. The quantitative estimate of drug-likeness (QED) is 0.434. The Labute approximate surface area is 184 Å². The third-order valence-corrected chi connectivity index (χ3v) is 7.96. The Bertz CT molecular complexity index is 1220. The Kier molecular flexibility index (Phi) is 4.15. The van der Waals surface area contributed by atoms with Crippen molar-refractivity contribution in [3.05, 3.63) is 64.0 Å². The van der Waals surface area contributed by atoms with Gasteiger partial charge in [-0.25, -0.2) is 9.50 Å². The van der Waals surface area contributed by atoms with Crippen LogP contribution in [0.4, 0.5) is 5.82 Å². The number of nitrogens with zero attached hydrogens (tertiary/aromatic N) is 5. The molecular formula is C23H22ClN5S. The number of halogens is 1. The van der Waals surface area contributed by atoms with E-state index in [0.717, 1.165) is 57.9 Å². The number of hydrogen-bond acceptors (Lipinski definition) is 5. The third-order valence-electron chi connectivity index (χ3n) is 6.72. The summed E-state index contributed by atoms with van der Waals surface area (Å²) in [5.74, 6) is 1.04. The summed E-state index contributed by atoms with van der Waals surface area (Å²) in [5.41, 5.74) is 6.19. The fraction of sp³-hybridized carbons (Fsp3) is 0.348. The molecule has 4 aromatic heterocycles. The second-order valence-corrected chi connectivity index (χ2v) is 10.3. The summed E-state index contributed by atoms with van der Waals surface area (Å²) in [5, 5.41) is 4.62. The van der Waals surface area contributed by atoms with Crippen molar-refractivity contribution in [3.8, 4) is 10.6 Å². The van der Waals surface area contributed by atoms with E-state index < -0.39 is 0 Å². The molecule has 0 amide bonds. The SMILES string of the molecule is Cc1nc(N2CCC3(CC2)Cc2cccnc2C3)c2ccnn2c1-c1ccc(Cl)s1. The maximum Gasteiger partial charge on any atom is 0.155 e. The van der Waals surface area contributed by atoms with Crippen molar-refractivity contribution in [1.82, 2.24) is 19.6 Å². The summed E-state index contributed by atoms with van der Waals surface area (Å²) in [4.78, 5) is 13.2. The fourth-order valence-corrected chi connectivity index (χ4v) is 6.32. The molecule has 1 aliphatic carbocycles. The van der Waals surface area contributed by atoms with Gasteiger partial charge < -0.3 is 4.90 Å². The molecule has 1 spiro atoms. The maximum atomic E-state index is 6.19. The molecule has 0 aromatic carbocycles. The Balaban J connectivity index is 1.31. The topological polar surface area (TPSA) is 46.3 Å². The van der Waals surface area contributed by atoms with E-state index in [9.17, 15) is 0 Å². The van der Waals surface area contributed by atoms with Crippen molar-refractivity contribution < 1.29 is 0 Å². The molecule has 0 atom stereocenters. The summed E-state index contributed by atoms with van der Waals surface area (Å²) in [6.45, 7) is 4.11. The summed E-state index contributed by atoms with van der Waals surface area (Å²) >= 11 is 7.76. The van der Waals surface area contributed by atoms with Crippen LogP contribution in [0.2, 0.25) is 4.34 Å². The number of rotatable bonds is 2. The van der Waals surface area contributed by atoms with Crippen LogP contribution in [0.25, 0.3) is 16.1 Å². The first-order chi connectivity index (χ1) is 14.6. The van der Waals surface area contributed by atoms with E-state index in [0.29, 0.717) is 5.41 Å². The van der Waals surface area contributed by atoms with Gasteiger partial charge in [-0.05, 0) is 67.9 Å². The molecule has 1 fully saturated rings. The molecule has 152 valence electrons. The fourth-order valence-electron chi connectivity index (χ4n) is 5.19. The van der Waals surface area contributed by atoms with Crippen LogP contribution in [0.5, 0.6) is 0 Å². The zero-order valence-corrected chi connectivity index (χ0v) is 18.4.